The Morgan fingerprint density at radius 1 is 0.403 bits per heavy atom. The van der Waals surface area contributed by atoms with Crippen molar-refractivity contribution in [2.75, 3.05) is 14.7 Å². The SMILES string of the molecule is Cc1oc2c(c1C)N(c1ccc(C(C)(C)C)cc1)c1cc(C(C)(C)C)cc3c1B2c1ccc(N(c2ccc(C(C)(C)C)cc2)c2ccc(C(C)(C)C)cc2)cc1N3c1ccc(C(C)(C)C)cc1. The van der Waals surface area contributed by atoms with E-state index < -0.39 is 0 Å². The van der Waals surface area contributed by atoms with Crippen molar-refractivity contribution in [1.82, 2.24) is 0 Å². The summed E-state index contributed by atoms with van der Waals surface area (Å²) in [5, 5.41) is 0. The van der Waals surface area contributed by atoms with Crippen LogP contribution >= 0.6 is 0 Å². The number of rotatable bonds is 5. The van der Waals surface area contributed by atoms with E-state index in [2.05, 4.69) is 260 Å². The van der Waals surface area contributed by atoms with Crippen molar-refractivity contribution in [3.8, 4) is 0 Å². The van der Waals surface area contributed by atoms with Crippen LogP contribution in [0, 0.1) is 13.8 Å². The van der Waals surface area contributed by atoms with Gasteiger partial charge in [0.15, 0.2) is 0 Å². The number of anilines is 9. The van der Waals surface area contributed by atoms with E-state index in [4.69, 9.17) is 4.42 Å². The van der Waals surface area contributed by atoms with Gasteiger partial charge in [0.05, 0.1) is 11.3 Å². The Labute approximate surface area is 403 Å². The fraction of sp³-hybridized carbons (Fsp3) is 0.355. The van der Waals surface area contributed by atoms with Crippen LogP contribution in [0.1, 0.15) is 143 Å². The summed E-state index contributed by atoms with van der Waals surface area (Å²) in [5.41, 5.74) is 21.5. The quantitative estimate of drug-likeness (QED) is 0.161. The lowest BCUT2D eigenvalue weighted by Crippen LogP contribution is -2.61. The molecule has 0 saturated carbocycles. The van der Waals surface area contributed by atoms with Gasteiger partial charge in [-0.25, -0.2) is 0 Å². The maximum Gasteiger partial charge on any atom is 0.297 e. The number of benzene rings is 6. The number of hydrogen-bond acceptors (Lipinski definition) is 4. The molecule has 0 saturated heterocycles. The first-order chi connectivity index (χ1) is 31.2. The molecule has 6 aromatic carbocycles. The van der Waals surface area contributed by atoms with Crippen LogP contribution in [0.5, 0.6) is 0 Å². The minimum absolute atomic E-state index is 0.0158. The molecule has 9 rings (SSSR count). The summed E-state index contributed by atoms with van der Waals surface area (Å²) < 4.78 is 7.09. The monoisotopic (exact) mass is 886 g/mol. The molecule has 67 heavy (non-hydrogen) atoms. The minimum atomic E-state index is -0.135. The second-order valence-electron chi connectivity index (χ2n) is 24.5. The molecule has 2 aliphatic rings. The topological polar surface area (TPSA) is 22.9 Å². The number of aryl methyl sites for hydroxylation is 1. The Kier molecular flexibility index (Phi) is 10.9. The summed E-state index contributed by atoms with van der Waals surface area (Å²) in [6, 6.07) is 49.0. The van der Waals surface area contributed by atoms with Gasteiger partial charge in [0.1, 0.15) is 5.76 Å². The highest BCUT2D eigenvalue weighted by Crippen LogP contribution is 2.49. The highest BCUT2D eigenvalue weighted by molar-refractivity contribution is 6.99. The van der Waals surface area contributed by atoms with E-state index in [9.17, 15) is 0 Å². The average Bonchev–Trinajstić information content (AvgIpc) is 3.54. The largest absolute Gasteiger partial charge is 0.473 e. The van der Waals surface area contributed by atoms with Crippen molar-refractivity contribution >= 4 is 74.5 Å². The molecule has 344 valence electrons. The lowest BCUT2D eigenvalue weighted by Gasteiger charge is -2.44. The lowest BCUT2D eigenvalue weighted by atomic mass is 9.35. The number of hydrogen-bond donors (Lipinski definition) is 0. The van der Waals surface area contributed by atoms with Crippen LogP contribution in [0.3, 0.4) is 0 Å². The molecule has 1 aromatic heterocycles. The molecular weight excluding hydrogens is 814 g/mol. The maximum atomic E-state index is 7.09. The van der Waals surface area contributed by atoms with Crippen LogP contribution < -0.4 is 31.3 Å². The fourth-order valence-electron chi connectivity index (χ4n) is 10.1. The zero-order valence-electron chi connectivity index (χ0n) is 43.5. The Balaban J connectivity index is 1.34. The normalized spacial score (nSPS) is 14.0. The van der Waals surface area contributed by atoms with Gasteiger partial charge in [0, 0.05) is 51.1 Å². The smallest absolute Gasteiger partial charge is 0.297 e. The van der Waals surface area contributed by atoms with Crippen LogP contribution in [0.25, 0.3) is 0 Å². The van der Waals surface area contributed by atoms with E-state index in [1.54, 1.807) is 0 Å². The minimum Gasteiger partial charge on any atom is -0.473 e. The molecule has 0 amide bonds. The summed E-state index contributed by atoms with van der Waals surface area (Å²) in [5.74, 6) is 0.952. The van der Waals surface area contributed by atoms with Crippen molar-refractivity contribution in [1.29, 1.82) is 0 Å². The predicted molar refractivity (Wildman–Crippen MR) is 290 cm³/mol. The van der Waals surface area contributed by atoms with E-state index >= 15 is 0 Å². The maximum absolute atomic E-state index is 7.09. The van der Waals surface area contributed by atoms with E-state index in [1.165, 1.54) is 55.7 Å². The Hall–Kier alpha value is -5.94. The third-order valence-corrected chi connectivity index (χ3v) is 14.4. The van der Waals surface area contributed by atoms with Gasteiger partial charge in [0.25, 0.3) is 6.71 Å². The summed E-state index contributed by atoms with van der Waals surface area (Å²) in [7, 11) is 0. The lowest BCUT2D eigenvalue weighted by molar-refractivity contribution is 0.561. The molecule has 0 unspecified atom stereocenters. The summed E-state index contributed by atoms with van der Waals surface area (Å²) in [6.07, 6.45) is 0. The standard InChI is InChI=1S/C62H72BN3O/c1-39-40(2)67-57-56(39)66(49-32-24-44(25-33-49)61(12,13)14)54-37-45(62(15,16)17)36-53-55(54)63(57)51-35-34-50(38-52(51)65(53)48-30-22-43(23-31-48)60(9,10)11)64(46-26-18-41(19-27-46)58(3,4)5)47-28-20-42(21-29-47)59(6,7)8/h18-38H,1-17H3. The van der Waals surface area contributed by atoms with Gasteiger partial charge in [-0.1, -0.05) is 158 Å². The highest BCUT2D eigenvalue weighted by Gasteiger charge is 2.47. The van der Waals surface area contributed by atoms with Gasteiger partial charge in [-0.15, -0.1) is 0 Å². The van der Waals surface area contributed by atoms with E-state index in [1.807, 2.05) is 0 Å². The van der Waals surface area contributed by atoms with Crippen LogP contribution in [0.2, 0.25) is 0 Å². The second-order valence-corrected chi connectivity index (χ2v) is 24.5. The van der Waals surface area contributed by atoms with Gasteiger partial charge in [-0.3, -0.25) is 0 Å². The Bertz CT molecular complexity index is 2920. The second kappa shape index (κ2) is 15.8. The first-order valence-electron chi connectivity index (χ1n) is 24.5. The Morgan fingerprint density at radius 2 is 0.776 bits per heavy atom. The molecule has 0 radical (unpaired) electrons. The molecule has 5 heteroatoms. The van der Waals surface area contributed by atoms with E-state index in [-0.39, 0.29) is 33.8 Å². The molecule has 0 spiro atoms. The molecule has 0 atom stereocenters. The highest BCUT2D eigenvalue weighted by atomic mass is 16.3. The summed E-state index contributed by atoms with van der Waals surface area (Å²) in [4.78, 5) is 7.49. The van der Waals surface area contributed by atoms with E-state index in [0.717, 1.165) is 51.2 Å². The van der Waals surface area contributed by atoms with Crippen LogP contribution in [0.4, 0.5) is 51.2 Å². The Morgan fingerprint density at radius 3 is 1.19 bits per heavy atom. The fourth-order valence-corrected chi connectivity index (χ4v) is 10.1. The van der Waals surface area contributed by atoms with Gasteiger partial charge >= 0.3 is 0 Å². The molecule has 7 aromatic rings. The van der Waals surface area contributed by atoms with Crippen LogP contribution in [-0.4, -0.2) is 6.71 Å². The molecule has 0 fully saturated rings. The van der Waals surface area contributed by atoms with Gasteiger partial charge in [-0.05, 0) is 152 Å². The molecule has 0 bridgehead atoms. The zero-order valence-corrected chi connectivity index (χ0v) is 43.5. The van der Waals surface area contributed by atoms with Gasteiger partial charge in [-0.2, -0.15) is 0 Å². The molecule has 0 N–H and O–H groups in total. The first-order valence-corrected chi connectivity index (χ1v) is 24.5. The summed E-state index contributed by atoms with van der Waals surface area (Å²) >= 11 is 0. The molecule has 0 aliphatic carbocycles. The van der Waals surface area contributed by atoms with Gasteiger partial charge < -0.3 is 19.1 Å². The molecule has 4 nitrogen and oxygen atoms in total. The third-order valence-electron chi connectivity index (χ3n) is 14.4. The predicted octanol–water partition coefficient (Wildman–Crippen LogP) is 15.9. The molecule has 3 heterocycles. The first kappa shape index (κ1) is 46.2. The van der Waals surface area contributed by atoms with Crippen LogP contribution in [-0.2, 0) is 27.1 Å². The van der Waals surface area contributed by atoms with Crippen molar-refractivity contribution in [3.05, 3.63) is 167 Å². The number of nitrogens with zero attached hydrogens (tertiary/aromatic N) is 3. The van der Waals surface area contributed by atoms with Crippen LogP contribution in [0.15, 0.2) is 132 Å². The number of furan rings is 1. The zero-order chi connectivity index (χ0) is 48.3. The third kappa shape index (κ3) is 8.21. The van der Waals surface area contributed by atoms with Crippen molar-refractivity contribution < 1.29 is 4.42 Å². The number of fused-ring (bicyclic) bond motifs is 4. The molecular formula is C62H72BN3O. The van der Waals surface area contributed by atoms with Crippen molar-refractivity contribution in [3.63, 3.8) is 0 Å². The van der Waals surface area contributed by atoms with Crippen molar-refractivity contribution in [2.24, 2.45) is 0 Å². The molecule has 2 aliphatic heterocycles. The summed E-state index contributed by atoms with van der Waals surface area (Å²) in [6.45, 7) is 38.7. The van der Waals surface area contributed by atoms with E-state index in [0.29, 0.717) is 0 Å². The average molecular weight is 886 g/mol. The van der Waals surface area contributed by atoms with Gasteiger partial charge in [0.2, 0.25) is 0 Å². The van der Waals surface area contributed by atoms with Crippen molar-refractivity contribution in [2.45, 2.75) is 145 Å².